The van der Waals surface area contributed by atoms with Crippen LogP contribution in [0, 0.1) is 0 Å². The van der Waals surface area contributed by atoms with E-state index in [0.717, 1.165) is 6.26 Å². The number of aromatic nitrogens is 1. The maximum absolute atomic E-state index is 12.0. The van der Waals surface area contributed by atoms with Gasteiger partial charge in [0.05, 0.1) is 12.5 Å². The predicted octanol–water partition coefficient (Wildman–Crippen LogP) is 0.201. The third-order valence-corrected chi connectivity index (χ3v) is 3.06. The number of nitrogens with two attached hydrogens (primary N) is 2. The second-order valence-corrected chi connectivity index (χ2v) is 6.32. The van der Waals surface area contributed by atoms with E-state index in [4.69, 9.17) is 11.5 Å². The number of aliphatic imine (C=N–C) groups is 1. The number of hydrogen-bond donors (Lipinski definition) is 2. The topological polar surface area (TPSA) is 142 Å². The SMILES string of the molecule is CS(=O)(=O)ON=Cc1cc(C(=O)N=C(N)N)cc(-n2cccc2)c1. The van der Waals surface area contributed by atoms with E-state index in [2.05, 4.69) is 14.4 Å². The molecule has 24 heavy (non-hydrogen) atoms. The predicted molar refractivity (Wildman–Crippen MR) is 89.4 cm³/mol. The highest BCUT2D eigenvalue weighted by Crippen LogP contribution is 2.15. The smallest absolute Gasteiger partial charge is 0.325 e. The zero-order valence-electron chi connectivity index (χ0n) is 12.7. The molecule has 0 unspecified atom stereocenters. The molecule has 10 heteroatoms. The molecule has 0 aliphatic heterocycles. The maximum atomic E-state index is 12.0. The summed E-state index contributed by atoms with van der Waals surface area (Å²) in [4.78, 5) is 15.5. The Balaban J connectivity index is 2.45. The van der Waals surface area contributed by atoms with E-state index in [1.807, 2.05) is 12.1 Å². The molecule has 1 heterocycles. The number of nitrogens with zero attached hydrogens (tertiary/aromatic N) is 3. The van der Waals surface area contributed by atoms with Gasteiger partial charge in [0, 0.05) is 23.6 Å². The van der Waals surface area contributed by atoms with Crippen LogP contribution in [0.5, 0.6) is 0 Å². The monoisotopic (exact) mass is 349 g/mol. The van der Waals surface area contributed by atoms with E-state index in [0.29, 0.717) is 11.3 Å². The number of carbonyl (C=O) groups is 1. The Morgan fingerprint density at radius 3 is 2.46 bits per heavy atom. The summed E-state index contributed by atoms with van der Waals surface area (Å²) in [6.07, 6.45) is 5.59. The van der Waals surface area contributed by atoms with E-state index in [9.17, 15) is 13.2 Å². The van der Waals surface area contributed by atoms with Crippen molar-refractivity contribution in [3.8, 4) is 5.69 Å². The molecule has 0 bridgehead atoms. The van der Waals surface area contributed by atoms with Gasteiger partial charge in [-0.2, -0.15) is 13.4 Å². The zero-order valence-corrected chi connectivity index (χ0v) is 13.5. The van der Waals surface area contributed by atoms with Crippen LogP contribution in [0.1, 0.15) is 15.9 Å². The van der Waals surface area contributed by atoms with Crippen molar-refractivity contribution in [2.75, 3.05) is 6.26 Å². The van der Waals surface area contributed by atoms with E-state index in [1.54, 1.807) is 29.1 Å². The Morgan fingerprint density at radius 1 is 1.21 bits per heavy atom. The molecule has 0 aliphatic carbocycles. The Hall–Kier alpha value is -3.14. The molecule has 9 nitrogen and oxygen atoms in total. The quantitative estimate of drug-likeness (QED) is 0.448. The fourth-order valence-electron chi connectivity index (χ4n) is 1.83. The van der Waals surface area contributed by atoms with Gasteiger partial charge in [-0.3, -0.25) is 9.08 Å². The van der Waals surface area contributed by atoms with Crippen LogP contribution in [-0.2, 0) is 14.4 Å². The normalized spacial score (nSPS) is 11.4. The highest BCUT2D eigenvalue weighted by Gasteiger charge is 2.09. The van der Waals surface area contributed by atoms with Gasteiger partial charge in [0.25, 0.3) is 5.91 Å². The van der Waals surface area contributed by atoms with Gasteiger partial charge in [-0.25, -0.2) is 0 Å². The molecule has 0 fully saturated rings. The lowest BCUT2D eigenvalue weighted by atomic mass is 10.1. The van der Waals surface area contributed by atoms with Gasteiger partial charge >= 0.3 is 10.1 Å². The van der Waals surface area contributed by atoms with E-state index in [1.165, 1.54) is 12.3 Å². The summed E-state index contributed by atoms with van der Waals surface area (Å²) in [7, 11) is -3.71. The minimum atomic E-state index is -3.71. The van der Waals surface area contributed by atoms with Crippen molar-refractivity contribution >= 4 is 28.2 Å². The average Bonchev–Trinajstić information content (AvgIpc) is 2.99. The Morgan fingerprint density at radius 2 is 1.88 bits per heavy atom. The number of carbonyl (C=O) groups excluding carboxylic acids is 1. The molecule has 4 N–H and O–H groups in total. The van der Waals surface area contributed by atoms with E-state index in [-0.39, 0.29) is 11.5 Å². The number of oxime groups is 1. The van der Waals surface area contributed by atoms with Crippen molar-refractivity contribution in [2.45, 2.75) is 0 Å². The first kappa shape index (κ1) is 17.2. The molecule has 2 rings (SSSR count). The summed E-state index contributed by atoms with van der Waals surface area (Å²) in [5.74, 6) is -0.996. The number of amides is 1. The Bertz CT molecular complexity index is 897. The van der Waals surface area contributed by atoms with Crippen LogP contribution in [0.15, 0.2) is 52.9 Å². The number of hydrogen-bond acceptors (Lipinski definition) is 5. The third kappa shape index (κ3) is 4.95. The minimum Gasteiger partial charge on any atom is -0.370 e. The summed E-state index contributed by atoms with van der Waals surface area (Å²) in [6, 6.07) is 8.35. The van der Waals surface area contributed by atoms with Crippen molar-refractivity contribution in [3.63, 3.8) is 0 Å². The van der Waals surface area contributed by atoms with Gasteiger partial charge in [-0.1, -0.05) is 5.16 Å². The van der Waals surface area contributed by atoms with Gasteiger partial charge in [0.15, 0.2) is 5.96 Å². The molecular weight excluding hydrogens is 334 g/mol. The summed E-state index contributed by atoms with van der Waals surface area (Å²) in [5, 5.41) is 3.38. The minimum absolute atomic E-state index is 0.204. The molecule has 1 aromatic heterocycles. The van der Waals surface area contributed by atoms with Gasteiger partial charge in [-0.05, 0) is 35.9 Å². The van der Waals surface area contributed by atoms with Crippen molar-refractivity contribution in [3.05, 3.63) is 53.9 Å². The van der Waals surface area contributed by atoms with Crippen LogP contribution in [0.3, 0.4) is 0 Å². The average molecular weight is 349 g/mol. The first-order chi connectivity index (χ1) is 11.2. The standard InChI is InChI=1S/C14H15N5O4S/c1-24(21,22)23-17-9-10-6-11(13(20)18-14(15)16)8-12(7-10)19-4-2-3-5-19/h2-9H,1H3,(H4,15,16,18,20). The van der Waals surface area contributed by atoms with Crippen LogP contribution in [-0.4, -0.2) is 37.3 Å². The molecule has 0 saturated heterocycles. The number of rotatable bonds is 5. The summed E-state index contributed by atoms with van der Waals surface area (Å²) >= 11 is 0. The van der Waals surface area contributed by atoms with Crippen LogP contribution >= 0.6 is 0 Å². The molecule has 1 aromatic carbocycles. The van der Waals surface area contributed by atoms with Crippen LogP contribution in [0.4, 0.5) is 0 Å². The van der Waals surface area contributed by atoms with Gasteiger partial charge < -0.3 is 16.0 Å². The third-order valence-electron chi connectivity index (χ3n) is 2.70. The first-order valence-electron chi connectivity index (χ1n) is 6.59. The molecule has 0 atom stereocenters. The molecule has 0 radical (unpaired) electrons. The second-order valence-electron chi connectivity index (χ2n) is 4.76. The van der Waals surface area contributed by atoms with Gasteiger partial charge in [0.1, 0.15) is 0 Å². The Kier molecular flexibility index (Phi) is 4.99. The number of guanidine groups is 1. The van der Waals surface area contributed by atoms with Gasteiger partial charge in [0.2, 0.25) is 0 Å². The molecule has 126 valence electrons. The summed E-state index contributed by atoms with van der Waals surface area (Å²) in [5.41, 5.74) is 11.7. The fraction of sp³-hybridized carbons (Fsp3) is 0.0714. The van der Waals surface area contributed by atoms with E-state index >= 15 is 0 Å². The van der Waals surface area contributed by atoms with Crippen molar-refractivity contribution in [1.82, 2.24) is 4.57 Å². The zero-order chi connectivity index (χ0) is 17.7. The fourth-order valence-corrected chi connectivity index (χ4v) is 2.03. The van der Waals surface area contributed by atoms with Crippen LogP contribution in [0.25, 0.3) is 5.69 Å². The van der Waals surface area contributed by atoms with Crippen LogP contribution < -0.4 is 11.5 Å². The van der Waals surface area contributed by atoms with Crippen molar-refractivity contribution < 1.29 is 17.5 Å². The molecule has 0 saturated carbocycles. The first-order valence-corrected chi connectivity index (χ1v) is 8.40. The summed E-state index contributed by atoms with van der Waals surface area (Å²) in [6.45, 7) is 0. The molecule has 0 spiro atoms. The molecule has 1 amide bonds. The van der Waals surface area contributed by atoms with E-state index < -0.39 is 16.0 Å². The summed E-state index contributed by atoms with van der Waals surface area (Å²) < 4.78 is 27.9. The largest absolute Gasteiger partial charge is 0.370 e. The Labute approximate surface area is 138 Å². The highest BCUT2D eigenvalue weighted by atomic mass is 32.2. The van der Waals surface area contributed by atoms with Crippen molar-refractivity contribution in [2.24, 2.45) is 21.6 Å². The lowest BCUT2D eigenvalue weighted by Crippen LogP contribution is -2.24. The lowest BCUT2D eigenvalue weighted by Gasteiger charge is -2.07. The molecule has 0 aliphatic rings. The highest BCUT2D eigenvalue weighted by molar-refractivity contribution is 7.85. The number of benzene rings is 1. The van der Waals surface area contributed by atoms with Crippen LogP contribution in [0.2, 0.25) is 0 Å². The maximum Gasteiger partial charge on any atom is 0.325 e. The van der Waals surface area contributed by atoms with Crippen molar-refractivity contribution in [1.29, 1.82) is 0 Å². The lowest BCUT2D eigenvalue weighted by molar-refractivity contribution is 0.100. The second kappa shape index (κ2) is 6.96. The molecular formula is C14H15N5O4S. The molecule has 2 aromatic rings. The van der Waals surface area contributed by atoms with Gasteiger partial charge in [-0.15, -0.1) is 0 Å².